The Balaban J connectivity index is 1.27. The van der Waals surface area contributed by atoms with Gasteiger partial charge >= 0.3 is 0 Å². The second kappa shape index (κ2) is 10.4. The summed E-state index contributed by atoms with van der Waals surface area (Å²) in [6.45, 7) is 7.24. The molecule has 0 saturated carbocycles. The van der Waals surface area contributed by atoms with Crippen molar-refractivity contribution < 1.29 is 9.53 Å². The van der Waals surface area contributed by atoms with E-state index in [9.17, 15) is 4.79 Å². The summed E-state index contributed by atoms with van der Waals surface area (Å²) in [5.41, 5.74) is 2.68. The molecule has 8 heteroatoms. The molecular weight excluding hydrogens is 440 g/mol. The normalized spacial score (nSPS) is 19.0. The van der Waals surface area contributed by atoms with Crippen molar-refractivity contribution in [2.24, 2.45) is 0 Å². The molecule has 2 fully saturated rings. The van der Waals surface area contributed by atoms with E-state index in [1.54, 1.807) is 18.6 Å². The Bertz CT molecular complexity index is 1180. The first-order valence-corrected chi connectivity index (χ1v) is 12.3. The predicted octanol–water partition coefficient (Wildman–Crippen LogP) is 3.74. The largest absolute Gasteiger partial charge is 0.437 e. The van der Waals surface area contributed by atoms with Gasteiger partial charge in [-0.3, -0.25) is 9.78 Å². The summed E-state index contributed by atoms with van der Waals surface area (Å²) in [6, 6.07) is 11.6. The van der Waals surface area contributed by atoms with Crippen LogP contribution in [-0.4, -0.2) is 77.0 Å². The third-order valence-electron chi connectivity index (χ3n) is 6.79. The van der Waals surface area contributed by atoms with Crippen LogP contribution in [0.3, 0.4) is 0 Å². The zero-order valence-corrected chi connectivity index (χ0v) is 20.4. The standard InChI is InChI=1S/C27H32N6O2/c1-20-5-3-7-23(15-20)35-26-18-28-17-24(30-26)22-6-4-10-33(19-22)27(34)21-8-9-29-25(16-21)32-13-11-31(2)12-14-32/h3,5,7-9,15-18,22H,4,6,10-14,19H2,1-2H3/t22-/m0/s1. The summed E-state index contributed by atoms with van der Waals surface area (Å²) >= 11 is 0. The number of benzene rings is 1. The zero-order valence-electron chi connectivity index (χ0n) is 20.4. The number of ether oxygens (including phenoxy) is 1. The number of hydrogen-bond donors (Lipinski definition) is 0. The molecule has 0 radical (unpaired) electrons. The fraction of sp³-hybridized carbons (Fsp3) is 0.407. The van der Waals surface area contributed by atoms with Gasteiger partial charge in [-0.2, -0.15) is 0 Å². The van der Waals surface area contributed by atoms with Crippen LogP contribution in [-0.2, 0) is 0 Å². The van der Waals surface area contributed by atoms with Gasteiger partial charge in [0.2, 0.25) is 5.88 Å². The Morgan fingerprint density at radius 2 is 1.91 bits per heavy atom. The molecule has 2 aromatic heterocycles. The number of pyridine rings is 1. The van der Waals surface area contributed by atoms with Crippen molar-refractivity contribution >= 4 is 11.7 Å². The average molecular weight is 473 g/mol. The Morgan fingerprint density at radius 1 is 1.06 bits per heavy atom. The van der Waals surface area contributed by atoms with Crippen molar-refractivity contribution in [2.75, 3.05) is 51.2 Å². The van der Waals surface area contributed by atoms with Crippen molar-refractivity contribution in [3.63, 3.8) is 0 Å². The van der Waals surface area contributed by atoms with E-state index in [0.717, 1.165) is 68.4 Å². The number of aromatic nitrogens is 3. The van der Waals surface area contributed by atoms with Gasteiger partial charge in [0, 0.05) is 63.1 Å². The third kappa shape index (κ3) is 5.59. The van der Waals surface area contributed by atoms with Gasteiger partial charge in [0.1, 0.15) is 11.6 Å². The minimum absolute atomic E-state index is 0.0487. The molecule has 0 N–H and O–H groups in total. The Labute approximate surface area is 206 Å². The van der Waals surface area contributed by atoms with Gasteiger partial charge in [-0.25, -0.2) is 9.97 Å². The molecule has 1 atom stereocenters. The summed E-state index contributed by atoms with van der Waals surface area (Å²) in [5, 5.41) is 0. The van der Waals surface area contributed by atoms with Crippen molar-refractivity contribution in [1.82, 2.24) is 24.8 Å². The van der Waals surface area contributed by atoms with Crippen LogP contribution in [0.4, 0.5) is 5.82 Å². The van der Waals surface area contributed by atoms with Gasteiger partial charge in [-0.15, -0.1) is 0 Å². The molecule has 0 unspecified atom stereocenters. The van der Waals surface area contributed by atoms with Crippen LogP contribution in [0.2, 0.25) is 0 Å². The zero-order chi connectivity index (χ0) is 24.2. The summed E-state index contributed by atoms with van der Waals surface area (Å²) in [5.74, 6) is 2.27. The number of anilines is 1. The number of hydrogen-bond acceptors (Lipinski definition) is 7. The highest BCUT2D eigenvalue weighted by atomic mass is 16.5. The maximum atomic E-state index is 13.4. The lowest BCUT2D eigenvalue weighted by molar-refractivity contribution is 0.0705. The monoisotopic (exact) mass is 472 g/mol. The summed E-state index contributed by atoms with van der Waals surface area (Å²) < 4.78 is 5.94. The smallest absolute Gasteiger partial charge is 0.254 e. The maximum absolute atomic E-state index is 13.4. The van der Waals surface area contributed by atoms with E-state index in [4.69, 9.17) is 9.72 Å². The van der Waals surface area contributed by atoms with Crippen molar-refractivity contribution in [1.29, 1.82) is 0 Å². The van der Waals surface area contributed by atoms with Gasteiger partial charge in [-0.05, 0) is 56.6 Å². The highest BCUT2D eigenvalue weighted by molar-refractivity contribution is 5.95. The number of aryl methyl sites for hydroxylation is 1. The second-order valence-corrected chi connectivity index (χ2v) is 9.48. The van der Waals surface area contributed by atoms with Crippen LogP contribution in [0.15, 0.2) is 55.0 Å². The molecule has 0 spiro atoms. The van der Waals surface area contributed by atoms with Crippen LogP contribution in [0, 0.1) is 6.92 Å². The lowest BCUT2D eigenvalue weighted by Crippen LogP contribution is -2.45. The van der Waals surface area contributed by atoms with E-state index in [0.29, 0.717) is 18.0 Å². The maximum Gasteiger partial charge on any atom is 0.254 e. The summed E-state index contributed by atoms with van der Waals surface area (Å²) in [7, 11) is 2.13. The van der Waals surface area contributed by atoms with Crippen LogP contribution < -0.4 is 9.64 Å². The molecule has 5 rings (SSSR count). The molecule has 1 amide bonds. The lowest BCUT2D eigenvalue weighted by atomic mass is 9.94. The summed E-state index contributed by atoms with van der Waals surface area (Å²) in [6.07, 6.45) is 7.07. The minimum Gasteiger partial charge on any atom is -0.437 e. The second-order valence-electron chi connectivity index (χ2n) is 9.48. The van der Waals surface area contributed by atoms with Gasteiger partial charge < -0.3 is 19.4 Å². The third-order valence-corrected chi connectivity index (χ3v) is 6.79. The molecule has 2 aliphatic rings. The molecule has 3 aromatic rings. The Morgan fingerprint density at radius 3 is 2.74 bits per heavy atom. The molecule has 4 heterocycles. The molecule has 2 aliphatic heterocycles. The average Bonchev–Trinajstić information content (AvgIpc) is 2.89. The number of nitrogens with zero attached hydrogens (tertiary/aromatic N) is 6. The molecular formula is C27H32N6O2. The SMILES string of the molecule is Cc1cccc(Oc2cncc([C@H]3CCCN(C(=O)c4ccnc(N5CCN(C)CC5)c4)C3)n2)c1. The van der Waals surface area contributed by atoms with Crippen molar-refractivity contribution in [3.8, 4) is 11.6 Å². The van der Waals surface area contributed by atoms with E-state index in [1.165, 1.54) is 0 Å². The molecule has 0 aliphatic carbocycles. The number of piperidine rings is 1. The fourth-order valence-electron chi connectivity index (χ4n) is 4.75. The first-order chi connectivity index (χ1) is 17.0. The van der Waals surface area contributed by atoms with Gasteiger partial charge in [0.05, 0.1) is 11.9 Å². The van der Waals surface area contributed by atoms with Crippen molar-refractivity contribution in [3.05, 3.63) is 71.8 Å². The van der Waals surface area contributed by atoms with Gasteiger partial charge in [0.25, 0.3) is 5.91 Å². The number of carbonyl (C=O) groups excluding carboxylic acids is 1. The first-order valence-electron chi connectivity index (χ1n) is 12.3. The molecule has 0 bridgehead atoms. The topological polar surface area (TPSA) is 74.7 Å². The number of carbonyl (C=O) groups is 1. The molecule has 182 valence electrons. The van der Waals surface area contributed by atoms with E-state index in [1.807, 2.05) is 48.2 Å². The van der Waals surface area contributed by atoms with Crippen molar-refractivity contribution in [2.45, 2.75) is 25.7 Å². The quantitative estimate of drug-likeness (QED) is 0.560. The lowest BCUT2D eigenvalue weighted by Gasteiger charge is -2.34. The van der Waals surface area contributed by atoms with E-state index in [-0.39, 0.29) is 11.8 Å². The highest BCUT2D eigenvalue weighted by Crippen LogP contribution is 2.29. The fourth-order valence-corrected chi connectivity index (χ4v) is 4.75. The molecule has 35 heavy (non-hydrogen) atoms. The number of rotatable bonds is 5. The number of amides is 1. The van der Waals surface area contributed by atoms with E-state index >= 15 is 0 Å². The Kier molecular flexibility index (Phi) is 6.90. The van der Waals surface area contributed by atoms with Gasteiger partial charge in [0.15, 0.2) is 0 Å². The van der Waals surface area contributed by atoms with Crippen LogP contribution in [0.25, 0.3) is 0 Å². The number of likely N-dealkylation sites (tertiary alicyclic amines) is 1. The van der Waals surface area contributed by atoms with E-state index in [2.05, 4.69) is 26.8 Å². The summed E-state index contributed by atoms with van der Waals surface area (Å²) in [4.78, 5) is 33.5. The number of likely N-dealkylation sites (N-methyl/N-ethyl adjacent to an activating group) is 1. The minimum atomic E-state index is 0.0487. The molecule has 2 saturated heterocycles. The first kappa shape index (κ1) is 23.2. The predicted molar refractivity (Wildman–Crippen MR) is 135 cm³/mol. The van der Waals surface area contributed by atoms with Crippen LogP contribution >= 0.6 is 0 Å². The molecule has 8 nitrogen and oxygen atoms in total. The Hall–Kier alpha value is -3.52. The highest BCUT2D eigenvalue weighted by Gasteiger charge is 2.27. The number of piperazine rings is 1. The van der Waals surface area contributed by atoms with Crippen LogP contribution in [0.1, 0.15) is 40.4 Å². The molecule has 1 aromatic carbocycles. The van der Waals surface area contributed by atoms with Gasteiger partial charge in [-0.1, -0.05) is 12.1 Å². The van der Waals surface area contributed by atoms with E-state index < -0.39 is 0 Å². The van der Waals surface area contributed by atoms with Crippen LogP contribution in [0.5, 0.6) is 11.6 Å².